The van der Waals surface area contributed by atoms with Gasteiger partial charge in [-0.3, -0.25) is 4.79 Å². The Balaban J connectivity index is 1.94. The Morgan fingerprint density at radius 3 is 2.95 bits per heavy atom. The molecule has 116 valence electrons. The van der Waals surface area contributed by atoms with Gasteiger partial charge in [0.25, 0.3) is 5.91 Å². The second-order valence-corrected chi connectivity index (χ2v) is 5.63. The van der Waals surface area contributed by atoms with Crippen LogP contribution in [0.5, 0.6) is 5.75 Å². The molecule has 1 saturated heterocycles. The van der Waals surface area contributed by atoms with E-state index in [0.717, 1.165) is 32.5 Å². The van der Waals surface area contributed by atoms with E-state index in [9.17, 15) is 4.79 Å². The fraction of sp³-hybridized carbons (Fsp3) is 0.562. The zero-order valence-electron chi connectivity index (χ0n) is 12.9. The van der Waals surface area contributed by atoms with Gasteiger partial charge in [0, 0.05) is 30.9 Å². The number of nitrogen functional groups attached to an aromatic ring is 1. The number of nitrogens with zero attached hydrogens (tertiary/aromatic N) is 2. The van der Waals surface area contributed by atoms with Crippen LogP contribution in [0.4, 0.5) is 5.69 Å². The van der Waals surface area contributed by atoms with Crippen molar-refractivity contribution < 1.29 is 9.53 Å². The molecule has 1 heterocycles. The Labute approximate surface area is 126 Å². The van der Waals surface area contributed by atoms with E-state index in [2.05, 4.69) is 18.9 Å². The number of nitrogens with two attached hydrogens (primary N) is 1. The van der Waals surface area contributed by atoms with Crippen molar-refractivity contribution in [3.8, 4) is 5.75 Å². The second-order valence-electron chi connectivity index (χ2n) is 5.63. The summed E-state index contributed by atoms with van der Waals surface area (Å²) < 4.78 is 5.58. The molecule has 1 fully saturated rings. The lowest BCUT2D eigenvalue weighted by Crippen LogP contribution is -2.45. The maximum absolute atomic E-state index is 12.4. The topological polar surface area (TPSA) is 58.8 Å². The van der Waals surface area contributed by atoms with Crippen LogP contribution in [0.2, 0.25) is 0 Å². The zero-order chi connectivity index (χ0) is 15.2. The molecule has 2 N–H and O–H groups in total. The van der Waals surface area contributed by atoms with Crippen molar-refractivity contribution in [2.45, 2.75) is 25.8 Å². The summed E-state index contributed by atoms with van der Waals surface area (Å²) in [6.07, 6.45) is 1.98. The monoisotopic (exact) mass is 291 g/mol. The summed E-state index contributed by atoms with van der Waals surface area (Å²) in [5.74, 6) is 0.697. The average molecular weight is 291 g/mol. The summed E-state index contributed by atoms with van der Waals surface area (Å²) in [6.45, 7) is 4.98. The third-order valence-electron chi connectivity index (χ3n) is 3.91. The molecule has 1 amide bonds. The minimum Gasteiger partial charge on any atom is -0.484 e. The molecule has 1 aromatic rings. The van der Waals surface area contributed by atoms with E-state index >= 15 is 0 Å². The first-order valence-electron chi connectivity index (χ1n) is 7.56. The number of likely N-dealkylation sites (N-methyl/N-ethyl adjacent to an activating group) is 1. The number of anilines is 1. The largest absolute Gasteiger partial charge is 0.484 e. The van der Waals surface area contributed by atoms with Crippen molar-refractivity contribution in [2.24, 2.45) is 0 Å². The lowest BCUT2D eigenvalue weighted by Gasteiger charge is -2.30. The first-order chi connectivity index (χ1) is 10.1. The Hall–Kier alpha value is -1.75. The van der Waals surface area contributed by atoms with Crippen molar-refractivity contribution in [1.29, 1.82) is 0 Å². The van der Waals surface area contributed by atoms with Gasteiger partial charge in [-0.2, -0.15) is 0 Å². The van der Waals surface area contributed by atoms with E-state index < -0.39 is 0 Å². The molecule has 1 unspecified atom stereocenters. The van der Waals surface area contributed by atoms with Gasteiger partial charge in [0.1, 0.15) is 5.75 Å². The van der Waals surface area contributed by atoms with Crippen LogP contribution < -0.4 is 10.5 Å². The van der Waals surface area contributed by atoms with Gasteiger partial charge < -0.3 is 20.3 Å². The molecular formula is C16H25N3O2. The minimum absolute atomic E-state index is 0.0552. The summed E-state index contributed by atoms with van der Waals surface area (Å²) in [5.41, 5.74) is 6.35. The van der Waals surface area contributed by atoms with Gasteiger partial charge in [-0.25, -0.2) is 0 Å². The van der Waals surface area contributed by atoms with Gasteiger partial charge in [-0.05, 0) is 38.6 Å². The van der Waals surface area contributed by atoms with E-state index in [1.807, 2.05) is 17.0 Å². The average Bonchev–Trinajstić information content (AvgIpc) is 2.66. The van der Waals surface area contributed by atoms with Gasteiger partial charge in [0.05, 0.1) is 0 Å². The molecule has 0 saturated carbocycles. The van der Waals surface area contributed by atoms with E-state index in [1.165, 1.54) is 0 Å². The highest BCUT2D eigenvalue weighted by molar-refractivity contribution is 5.78. The smallest absolute Gasteiger partial charge is 0.260 e. The highest BCUT2D eigenvalue weighted by Crippen LogP contribution is 2.16. The molecule has 0 radical (unpaired) electrons. The lowest BCUT2D eigenvalue weighted by atomic mass is 10.2. The van der Waals surface area contributed by atoms with Crippen LogP contribution in [0, 0.1) is 0 Å². The Morgan fingerprint density at radius 1 is 1.43 bits per heavy atom. The van der Waals surface area contributed by atoms with Crippen molar-refractivity contribution >= 4 is 11.6 Å². The number of ether oxygens (including phenoxy) is 1. The molecule has 0 aromatic heterocycles. The normalized spacial score (nSPS) is 20.1. The maximum Gasteiger partial charge on any atom is 0.260 e. The van der Waals surface area contributed by atoms with Gasteiger partial charge >= 0.3 is 0 Å². The molecule has 0 aliphatic carbocycles. The molecule has 21 heavy (non-hydrogen) atoms. The summed E-state index contributed by atoms with van der Waals surface area (Å²) >= 11 is 0. The number of rotatable bonds is 4. The summed E-state index contributed by atoms with van der Waals surface area (Å²) in [6, 6.07) is 7.45. The van der Waals surface area contributed by atoms with E-state index in [1.54, 1.807) is 12.1 Å². The quantitative estimate of drug-likeness (QED) is 0.856. The SMILES string of the molecule is CCC1CN(C)CCCN1C(=O)COc1cccc(N)c1. The Kier molecular flexibility index (Phi) is 5.44. The predicted molar refractivity (Wildman–Crippen MR) is 84.3 cm³/mol. The molecule has 1 aromatic carbocycles. The standard InChI is InChI=1S/C16H25N3O2/c1-3-14-11-18(2)8-5-9-19(14)16(20)12-21-15-7-4-6-13(17)10-15/h4,6-7,10,14H,3,5,8-9,11-12,17H2,1-2H3. The molecule has 5 heteroatoms. The van der Waals surface area contributed by atoms with E-state index in [-0.39, 0.29) is 18.6 Å². The van der Waals surface area contributed by atoms with Gasteiger partial charge in [0.2, 0.25) is 0 Å². The van der Waals surface area contributed by atoms with Crippen LogP contribution in [-0.2, 0) is 4.79 Å². The summed E-state index contributed by atoms with van der Waals surface area (Å²) in [7, 11) is 2.11. The molecule has 0 spiro atoms. The van der Waals surface area contributed by atoms with Crippen molar-refractivity contribution in [1.82, 2.24) is 9.80 Å². The zero-order valence-corrected chi connectivity index (χ0v) is 12.9. The van der Waals surface area contributed by atoms with Gasteiger partial charge in [0.15, 0.2) is 6.61 Å². The van der Waals surface area contributed by atoms with Crippen molar-refractivity contribution in [3.63, 3.8) is 0 Å². The maximum atomic E-state index is 12.4. The van der Waals surface area contributed by atoms with E-state index in [4.69, 9.17) is 10.5 Å². The molecule has 2 rings (SSSR count). The first-order valence-corrected chi connectivity index (χ1v) is 7.56. The number of carbonyl (C=O) groups is 1. The van der Waals surface area contributed by atoms with Gasteiger partial charge in [-0.15, -0.1) is 0 Å². The van der Waals surface area contributed by atoms with Crippen LogP contribution in [0.15, 0.2) is 24.3 Å². The molecule has 0 bridgehead atoms. The number of amides is 1. The van der Waals surface area contributed by atoms with Crippen LogP contribution in [0.1, 0.15) is 19.8 Å². The Bertz CT molecular complexity index is 478. The Morgan fingerprint density at radius 2 is 2.24 bits per heavy atom. The third kappa shape index (κ3) is 4.36. The fourth-order valence-electron chi connectivity index (χ4n) is 2.75. The molecule has 1 aliphatic rings. The summed E-state index contributed by atoms with van der Waals surface area (Å²) in [5, 5.41) is 0. The summed E-state index contributed by atoms with van der Waals surface area (Å²) in [4.78, 5) is 16.7. The number of hydrogen-bond donors (Lipinski definition) is 1. The second kappa shape index (κ2) is 7.31. The number of hydrogen-bond acceptors (Lipinski definition) is 4. The number of carbonyl (C=O) groups excluding carboxylic acids is 1. The van der Waals surface area contributed by atoms with Crippen molar-refractivity contribution in [2.75, 3.05) is 39.0 Å². The van der Waals surface area contributed by atoms with Crippen LogP contribution in [0.25, 0.3) is 0 Å². The van der Waals surface area contributed by atoms with Crippen LogP contribution in [-0.4, -0.2) is 55.0 Å². The minimum atomic E-state index is 0.0552. The predicted octanol–water partition coefficient (Wildman–Crippen LogP) is 1.59. The molecule has 1 aliphatic heterocycles. The molecular weight excluding hydrogens is 266 g/mol. The van der Waals surface area contributed by atoms with E-state index in [0.29, 0.717) is 11.4 Å². The van der Waals surface area contributed by atoms with Gasteiger partial charge in [-0.1, -0.05) is 13.0 Å². The highest BCUT2D eigenvalue weighted by atomic mass is 16.5. The number of benzene rings is 1. The molecule has 5 nitrogen and oxygen atoms in total. The van der Waals surface area contributed by atoms with Crippen LogP contribution in [0.3, 0.4) is 0 Å². The third-order valence-corrected chi connectivity index (χ3v) is 3.91. The van der Waals surface area contributed by atoms with Crippen LogP contribution >= 0.6 is 0 Å². The molecule has 1 atom stereocenters. The first kappa shape index (κ1) is 15.6. The fourth-order valence-corrected chi connectivity index (χ4v) is 2.75. The van der Waals surface area contributed by atoms with Crippen molar-refractivity contribution in [3.05, 3.63) is 24.3 Å². The lowest BCUT2D eigenvalue weighted by molar-refractivity contribution is -0.135. The highest BCUT2D eigenvalue weighted by Gasteiger charge is 2.26.